The van der Waals surface area contributed by atoms with Gasteiger partial charge in [0.25, 0.3) is 5.91 Å². The van der Waals surface area contributed by atoms with Gasteiger partial charge in [-0.2, -0.15) is 0 Å². The molecule has 0 saturated heterocycles. The van der Waals surface area contributed by atoms with Gasteiger partial charge in [-0.3, -0.25) is 9.59 Å². The van der Waals surface area contributed by atoms with Crippen molar-refractivity contribution < 1.29 is 23.9 Å². The number of rotatable bonds is 9. The first kappa shape index (κ1) is 23.1. The number of aliphatic imine (C=N–C) groups is 1. The zero-order valence-corrected chi connectivity index (χ0v) is 17.0. The molecule has 0 aliphatic carbocycles. The van der Waals surface area contributed by atoms with Gasteiger partial charge in [-0.15, -0.1) is 6.58 Å². The van der Waals surface area contributed by atoms with Crippen LogP contribution in [-0.2, 0) is 14.3 Å². The summed E-state index contributed by atoms with van der Waals surface area (Å²) in [6.45, 7) is 5.07. The number of hydrogen-bond donors (Lipinski definition) is 3. The van der Waals surface area contributed by atoms with Crippen molar-refractivity contribution in [2.45, 2.75) is 12.8 Å². The number of amides is 1. The molecule has 9 nitrogen and oxygen atoms in total. The van der Waals surface area contributed by atoms with E-state index in [2.05, 4.69) is 16.9 Å². The van der Waals surface area contributed by atoms with Crippen LogP contribution in [0.3, 0.4) is 0 Å². The maximum absolute atomic E-state index is 12.3. The molecule has 0 aromatic heterocycles. The third-order valence-electron chi connectivity index (χ3n) is 4.09. The van der Waals surface area contributed by atoms with E-state index in [4.69, 9.17) is 20.9 Å². The lowest BCUT2D eigenvalue weighted by atomic mass is 10.0. The van der Waals surface area contributed by atoms with Gasteiger partial charge >= 0.3 is 11.9 Å². The van der Waals surface area contributed by atoms with Crippen LogP contribution in [-0.4, -0.2) is 37.0 Å². The van der Waals surface area contributed by atoms with Gasteiger partial charge in [0.2, 0.25) is 0 Å². The largest absolute Gasteiger partial charge is 0.455 e. The van der Waals surface area contributed by atoms with Crippen LogP contribution in [0.1, 0.15) is 28.8 Å². The summed E-state index contributed by atoms with van der Waals surface area (Å²) < 4.78 is 10.3. The van der Waals surface area contributed by atoms with Gasteiger partial charge in [0.1, 0.15) is 5.75 Å². The third kappa shape index (κ3) is 7.32. The van der Waals surface area contributed by atoms with Crippen molar-refractivity contribution in [3.05, 3.63) is 72.3 Å². The van der Waals surface area contributed by atoms with E-state index in [-0.39, 0.29) is 12.6 Å². The van der Waals surface area contributed by atoms with Gasteiger partial charge in [-0.25, -0.2) is 9.79 Å². The van der Waals surface area contributed by atoms with Crippen LogP contribution < -0.4 is 21.5 Å². The fraction of sp³-hybridized carbons (Fsp3) is 0.182. The van der Waals surface area contributed by atoms with Crippen molar-refractivity contribution in [2.75, 3.05) is 13.2 Å². The lowest BCUT2D eigenvalue weighted by molar-refractivity contribution is -0.149. The first-order valence-corrected chi connectivity index (χ1v) is 9.36. The Morgan fingerprint density at radius 3 is 2.32 bits per heavy atom. The fourth-order valence-corrected chi connectivity index (χ4v) is 2.45. The normalized spacial score (nSPS) is 11.0. The van der Waals surface area contributed by atoms with Crippen LogP contribution >= 0.6 is 0 Å². The summed E-state index contributed by atoms with van der Waals surface area (Å²) in [7, 11) is 0. The molecule has 0 bridgehead atoms. The number of nitrogens with two attached hydrogens (primary N) is 2. The summed E-state index contributed by atoms with van der Waals surface area (Å²) in [5.74, 6) is -1.87. The maximum Gasteiger partial charge on any atom is 0.343 e. The first-order valence-electron chi connectivity index (χ1n) is 9.36. The second-order valence-corrected chi connectivity index (χ2v) is 6.46. The Bertz CT molecular complexity index is 964. The predicted octanol–water partition coefficient (Wildman–Crippen LogP) is 1.76. The molecule has 9 heteroatoms. The summed E-state index contributed by atoms with van der Waals surface area (Å²) in [5, 5.41) is 2.52. The van der Waals surface area contributed by atoms with Crippen LogP contribution in [0.5, 0.6) is 5.75 Å². The lowest BCUT2D eigenvalue weighted by Crippen LogP contribution is -2.29. The molecule has 0 saturated carbocycles. The lowest BCUT2D eigenvalue weighted by Gasteiger charge is -2.12. The average Bonchev–Trinajstić information content (AvgIpc) is 2.76. The van der Waals surface area contributed by atoms with Crippen LogP contribution in [0.4, 0.5) is 5.69 Å². The molecule has 1 amide bonds. The molecule has 0 spiro atoms. The number of carbonyl (C=O) groups is 3. The monoisotopic (exact) mass is 424 g/mol. The smallest absolute Gasteiger partial charge is 0.343 e. The molecule has 0 aliphatic heterocycles. The van der Waals surface area contributed by atoms with Gasteiger partial charge in [0.15, 0.2) is 12.6 Å². The quantitative estimate of drug-likeness (QED) is 0.183. The molecule has 0 heterocycles. The number of carbonyl (C=O) groups excluding carboxylic acids is 3. The minimum Gasteiger partial charge on any atom is -0.455 e. The van der Waals surface area contributed by atoms with Crippen LogP contribution in [0.2, 0.25) is 0 Å². The predicted molar refractivity (Wildman–Crippen MR) is 116 cm³/mol. The molecule has 2 aromatic carbocycles. The molecule has 2 rings (SSSR count). The number of benzene rings is 2. The molecule has 5 N–H and O–H groups in total. The number of esters is 2. The Morgan fingerprint density at radius 2 is 1.74 bits per heavy atom. The Hall–Kier alpha value is -4.14. The molecule has 2 aromatic rings. The van der Waals surface area contributed by atoms with E-state index < -0.39 is 23.8 Å². The minimum absolute atomic E-state index is 0.0792. The highest BCUT2D eigenvalue weighted by Gasteiger charge is 2.18. The maximum atomic E-state index is 12.3. The van der Waals surface area contributed by atoms with Crippen LogP contribution in [0, 0.1) is 0 Å². The van der Waals surface area contributed by atoms with E-state index in [9.17, 15) is 14.4 Å². The Balaban J connectivity index is 1.92. The highest BCUT2D eigenvalue weighted by Crippen LogP contribution is 2.21. The Kier molecular flexibility index (Phi) is 8.32. The summed E-state index contributed by atoms with van der Waals surface area (Å²) in [6.07, 6.45) is 1.53. The van der Waals surface area contributed by atoms with Gasteiger partial charge in [-0.1, -0.05) is 18.2 Å². The number of nitrogens with zero attached hydrogens (tertiary/aromatic N) is 1. The SMILES string of the molecule is C=CCNC(=O)COC(=O)C(C)c1ccc(OC(=O)c2ccc(N=C(N)N)cc2)cc1. The highest BCUT2D eigenvalue weighted by molar-refractivity contribution is 5.91. The first-order chi connectivity index (χ1) is 14.8. The Labute approximate surface area is 179 Å². The number of guanidine groups is 1. The highest BCUT2D eigenvalue weighted by atomic mass is 16.5. The van der Waals surface area contributed by atoms with E-state index in [0.717, 1.165) is 0 Å². The van der Waals surface area contributed by atoms with Gasteiger partial charge < -0.3 is 26.3 Å². The Morgan fingerprint density at radius 1 is 1.10 bits per heavy atom. The minimum atomic E-state index is -0.597. The van der Waals surface area contributed by atoms with E-state index in [1.807, 2.05) is 0 Å². The van der Waals surface area contributed by atoms with Crippen molar-refractivity contribution in [1.82, 2.24) is 5.32 Å². The van der Waals surface area contributed by atoms with Gasteiger partial charge in [0, 0.05) is 6.54 Å². The topological polar surface area (TPSA) is 146 Å². The summed E-state index contributed by atoms with van der Waals surface area (Å²) >= 11 is 0. The second-order valence-electron chi connectivity index (χ2n) is 6.46. The summed E-state index contributed by atoms with van der Waals surface area (Å²) in [6, 6.07) is 12.7. The van der Waals surface area contributed by atoms with Gasteiger partial charge in [-0.05, 0) is 48.9 Å². The molecular formula is C22H24N4O5. The van der Waals surface area contributed by atoms with Crippen molar-refractivity contribution in [1.29, 1.82) is 0 Å². The molecule has 1 atom stereocenters. The molecule has 0 fully saturated rings. The molecule has 0 aliphatic rings. The van der Waals surface area contributed by atoms with Crippen LogP contribution in [0.25, 0.3) is 0 Å². The molecule has 31 heavy (non-hydrogen) atoms. The number of nitrogens with one attached hydrogen (secondary N) is 1. The number of ether oxygens (including phenoxy) is 2. The van der Waals surface area contributed by atoms with Crippen molar-refractivity contribution in [3.8, 4) is 5.75 Å². The van der Waals surface area contributed by atoms with E-state index in [1.165, 1.54) is 6.08 Å². The van der Waals surface area contributed by atoms with Crippen LogP contribution in [0.15, 0.2) is 66.2 Å². The fourth-order valence-electron chi connectivity index (χ4n) is 2.45. The molecule has 0 radical (unpaired) electrons. The third-order valence-corrected chi connectivity index (χ3v) is 4.09. The van der Waals surface area contributed by atoms with E-state index in [0.29, 0.717) is 29.1 Å². The zero-order chi connectivity index (χ0) is 22.8. The van der Waals surface area contributed by atoms with Crippen molar-refractivity contribution >= 4 is 29.5 Å². The summed E-state index contributed by atoms with van der Waals surface area (Å²) in [4.78, 5) is 39.8. The van der Waals surface area contributed by atoms with E-state index >= 15 is 0 Å². The zero-order valence-electron chi connectivity index (χ0n) is 17.0. The average molecular weight is 424 g/mol. The summed E-state index contributed by atoms with van der Waals surface area (Å²) in [5.41, 5.74) is 12.1. The molecule has 1 unspecified atom stereocenters. The number of hydrogen-bond acceptors (Lipinski definition) is 6. The standard InChI is InChI=1S/C22H24N4O5/c1-3-12-25-19(27)13-30-20(28)14(2)15-6-10-18(11-7-15)31-21(29)16-4-8-17(9-5-16)26-22(23)24/h3-11,14H,1,12-13H2,2H3,(H,25,27)(H4,23,24,26). The second kappa shape index (κ2) is 11.1. The van der Waals surface area contributed by atoms with Crippen molar-refractivity contribution in [3.63, 3.8) is 0 Å². The van der Waals surface area contributed by atoms with Gasteiger partial charge in [0.05, 0.1) is 17.2 Å². The van der Waals surface area contributed by atoms with Crippen molar-refractivity contribution in [2.24, 2.45) is 16.5 Å². The van der Waals surface area contributed by atoms with E-state index in [1.54, 1.807) is 55.5 Å². The molecule has 162 valence electrons. The molecular weight excluding hydrogens is 400 g/mol.